The molecule has 4 aromatic carbocycles. The highest BCUT2D eigenvalue weighted by atomic mass is 16.5. The first-order valence-corrected chi connectivity index (χ1v) is 12.1. The topological polar surface area (TPSA) is 126 Å². The van der Waals surface area contributed by atoms with Gasteiger partial charge in [-0.1, -0.05) is 66.7 Å². The minimum Gasteiger partial charge on any atom is -0.457 e. The maximum Gasteiger partial charge on any atom is 0.272 e. The highest BCUT2D eigenvalue weighted by Gasteiger charge is 2.27. The van der Waals surface area contributed by atoms with Gasteiger partial charge < -0.3 is 10.1 Å². The van der Waals surface area contributed by atoms with Crippen molar-refractivity contribution in [2.75, 3.05) is 0 Å². The molecule has 1 unspecified atom stereocenters. The van der Waals surface area contributed by atoms with Gasteiger partial charge in [-0.2, -0.15) is 10.2 Å². The number of rotatable bonds is 8. The number of hydrogen-bond acceptors (Lipinski definition) is 6. The zero-order valence-electron chi connectivity index (χ0n) is 20.6. The lowest BCUT2D eigenvalue weighted by molar-refractivity contribution is -0.123. The van der Waals surface area contributed by atoms with Gasteiger partial charge in [0.05, 0.1) is 11.6 Å². The molecule has 5 aromatic rings. The van der Waals surface area contributed by atoms with Gasteiger partial charge in [0.15, 0.2) is 6.04 Å². The molecule has 5 rings (SSSR count). The van der Waals surface area contributed by atoms with Crippen LogP contribution < -0.4 is 21.0 Å². The Bertz CT molecular complexity index is 1700. The summed E-state index contributed by atoms with van der Waals surface area (Å²) < 4.78 is 5.85. The zero-order chi connectivity index (χ0) is 27.0. The molecule has 0 saturated carbocycles. The van der Waals surface area contributed by atoms with Crippen LogP contribution >= 0.6 is 0 Å². The van der Waals surface area contributed by atoms with Crippen LogP contribution in [0, 0.1) is 0 Å². The summed E-state index contributed by atoms with van der Waals surface area (Å²) in [6, 6.07) is 30.5. The van der Waals surface area contributed by atoms with Crippen molar-refractivity contribution < 1.29 is 14.3 Å². The minimum absolute atomic E-state index is 0.181. The molecule has 0 radical (unpaired) electrons. The molecule has 0 aliphatic rings. The summed E-state index contributed by atoms with van der Waals surface area (Å²) in [4.78, 5) is 38.6. The fraction of sp³-hybridized carbons (Fsp3) is 0.0333. The highest BCUT2D eigenvalue weighted by Crippen LogP contribution is 2.22. The second-order valence-electron chi connectivity index (χ2n) is 8.48. The predicted octanol–water partition coefficient (Wildman–Crippen LogP) is 4.34. The Morgan fingerprint density at radius 3 is 2.26 bits per heavy atom. The lowest BCUT2D eigenvalue weighted by Crippen LogP contribution is -2.40. The summed E-state index contributed by atoms with van der Waals surface area (Å²) in [6.07, 6.45) is 1.46. The van der Waals surface area contributed by atoms with E-state index in [-0.39, 0.29) is 5.69 Å². The largest absolute Gasteiger partial charge is 0.457 e. The van der Waals surface area contributed by atoms with Crippen molar-refractivity contribution in [3.05, 3.63) is 136 Å². The van der Waals surface area contributed by atoms with Crippen molar-refractivity contribution in [1.29, 1.82) is 0 Å². The van der Waals surface area contributed by atoms with E-state index in [2.05, 4.69) is 26.0 Å². The van der Waals surface area contributed by atoms with E-state index in [0.29, 0.717) is 33.4 Å². The van der Waals surface area contributed by atoms with Crippen LogP contribution in [0.15, 0.2) is 119 Å². The molecule has 0 spiro atoms. The van der Waals surface area contributed by atoms with Gasteiger partial charge in [0.1, 0.15) is 17.2 Å². The molecule has 3 N–H and O–H groups in total. The number of benzene rings is 4. The second-order valence-corrected chi connectivity index (χ2v) is 8.48. The number of H-pyrrole nitrogens is 1. The molecule has 1 atom stereocenters. The fourth-order valence-electron chi connectivity index (χ4n) is 3.94. The van der Waals surface area contributed by atoms with Crippen LogP contribution in [-0.2, 0) is 4.79 Å². The van der Waals surface area contributed by atoms with Crippen LogP contribution in [0.4, 0.5) is 0 Å². The maximum absolute atomic E-state index is 13.3. The first-order valence-electron chi connectivity index (χ1n) is 12.1. The van der Waals surface area contributed by atoms with Crippen molar-refractivity contribution in [2.24, 2.45) is 5.10 Å². The van der Waals surface area contributed by atoms with Gasteiger partial charge in [0.25, 0.3) is 17.4 Å². The van der Waals surface area contributed by atoms with Gasteiger partial charge in [0, 0.05) is 10.9 Å². The number of aromatic nitrogens is 2. The summed E-state index contributed by atoms with van der Waals surface area (Å²) >= 11 is 0. The minimum atomic E-state index is -1.25. The highest BCUT2D eigenvalue weighted by molar-refractivity contribution is 5.99. The molecule has 39 heavy (non-hydrogen) atoms. The summed E-state index contributed by atoms with van der Waals surface area (Å²) in [5, 5.41) is 14.1. The number of para-hydroxylation sites is 1. The van der Waals surface area contributed by atoms with Crippen molar-refractivity contribution in [1.82, 2.24) is 20.9 Å². The molecule has 0 fully saturated rings. The smallest absolute Gasteiger partial charge is 0.272 e. The van der Waals surface area contributed by atoms with E-state index in [0.717, 1.165) is 0 Å². The molecule has 9 nitrogen and oxygen atoms in total. The first-order chi connectivity index (χ1) is 19.1. The Kier molecular flexibility index (Phi) is 7.50. The number of fused-ring (bicyclic) bond motifs is 1. The van der Waals surface area contributed by atoms with E-state index in [1.807, 2.05) is 36.4 Å². The average molecular weight is 518 g/mol. The van der Waals surface area contributed by atoms with Crippen LogP contribution in [0.1, 0.15) is 27.7 Å². The van der Waals surface area contributed by atoms with E-state index in [1.165, 1.54) is 6.21 Å². The Balaban J connectivity index is 1.39. The molecule has 0 aliphatic carbocycles. The van der Waals surface area contributed by atoms with Crippen molar-refractivity contribution in [3.63, 3.8) is 0 Å². The molecule has 2 amide bonds. The van der Waals surface area contributed by atoms with Gasteiger partial charge in [-0.25, -0.2) is 10.5 Å². The summed E-state index contributed by atoms with van der Waals surface area (Å²) in [5.41, 5.74) is 3.30. The van der Waals surface area contributed by atoms with Crippen LogP contribution in [-0.4, -0.2) is 28.2 Å². The van der Waals surface area contributed by atoms with Crippen LogP contribution in [0.3, 0.4) is 0 Å². The van der Waals surface area contributed by atoms with Gasteiger partial charge in [-0.05, 0) is 48.0 Å². The molecular weight excluding hydrogens is 494 g/mol. The molecule has 0 saturated heterocycles. The van der Waals surface area contributed by atoms with E-state index in [4.69, 9.17) is 4.74 Å². The number of hydrogen-bond donors (Lipinski definition) is 3. The number of nitrogens with one attached hydrogen (secondary N) is 3. The number of aromatic amines is 1. The third-order valence-corrected chi connectivity index (χ3v) is 5.80. The number of hydrazone groups is 1. The van der Waals surface area contributed by atoms with Gasteiger partial charge in [0.2, 0.25) is 0 Å². The Morgan fingerprint density at radius 2 is 1.49 bits per heavy atom. The summed E-state index contributed by atoms with van der Waals surface area (Å²) in [6.45, 7) is 0. The Hall–Kier alpha value is -5.57. The third kappa shape index (κ3) is 6.05. The predicted molar refractivity (Wildman–Crippen MR) is 148 cm³/mol. The molecule has 9 heteroatoms. The van der Waals surface area contributed by atoms with Crippen molar-refractivity contribution >= 4 is 28.8 Å². The molecule has 0 aliphatic heterocycles. The van der Waals surface area contributed by atoms with Crippen molar-refractivity contribution in [3.8, 4) is 11.5 Å². The van der Waals surface area contributed by atoms with Gasteiger partial charge >= 0.3 is 0 Å². The summed E-state index contributed by atoms with van der Waals surface area (Å²) in [5.74, 6) is 0.172. The second kappa shape index (κ2) is 11.7. The van der Waals surface area contributed by atoms with Crippen molar-refractivity contribution in [2.45, 2.75) is 6.04 Å². The fourth-order valence-corrected chi connectivity index (χ4v) is 3.94. The van der Waals surface area contributed by atoms with E-state index < -0.39 is 23.4 Å². The quantitative estimate of drug-likeness (QED) is 0.209. The SMILES string of the molecule is O=C(NC(C(=O)NN=Cc1cccc(Oc2ccccc2)c1)c1n[nH]c(=O)c2ccccc12)c1ccccc1. The third-order valence-electron chi connectivity index (χ3n) is 5.80. The van der Waals surface area contributed by atoms with Crippen LogP contribution in [0.2, 0.25) is 0 Å². The molecule has 1 aromatic heterocycles. The maximum atomic E-state index is 13.3. The monoisotopic (exact) mass is 517 g/mol. The Labute approximate surface area is 223 Å². The van der Waals surface area contributed by atoms with Crippen LogP contribution in [0.25, 0.3) is 10.8 Å². The zero-order valence-corrected chi connectivity index (χ0v) is 20.6. The standard InChI is InChI=1S/C30H23N5O4/c36-28(21-11-3-1-4-12-21)32-27(26-24-16-7-8-17-25(24)29(37)35-33-26)30(38)34-31-19-20-10-9-15-23(18-20)39-22-13-5-2-6-14-22/h1-19,27H,(H,32,36)(H,34,38)(H,35,37). The Morgan fingerprint density at radius 1 is 0.821 bits per heavy atom. The lowest BCUT2D eigenvalue weighted by Gasteiger charge is -2.18. The van der Waals surface area contributed by atoms with Gasteiger partial charge in [-0.15, -0.1) is 0 Å². The van der Waals surface area contributed by atoms with Crippen LogP contribution in [0.5, 0.6) is 11.5 Å². The van der Waals surface area contributed by atoms with E-state index >= 15 is 0 Å². The number of carbonyl (C=O) groups is 2. The average Bonchev–Trinajstić information content (AvgIpc) is 2.97. The normalized spacial score (nSPS) is 11.7. The number of ether oxygens (including phenoxy) is 1. The number of nitrogens with zero attached hydrogens (tertiary/aromatic N) is 2. The number of amides is 2. The number of carbonyl (C=O) groups excluding carboxylic acids is 2. The lowest BCUT2D eigenvalue weighted by atomic mass is 10.0. The molecular formula is C30H23N5O4. The molecule has 192 valence electrons. The molecule has 1 heterocycles. The van der Waals surface area contributed by atoms with E-state index in [1.54, 1.807) is 72.8 Å². The summed E-state index contributed by atoms with van der Waals surface area (Å²) in [7, 11) is 0. The van der Waals surface area contributed by atoms with E-state index in [9.17, 15) is 14.4 Å². The van der Waals surface area contributed by atoms with Gasteiger partial charge in [-0.3, -0.25) is 14.4 Å². The molecule has 0 bridgehead atoms. The first kappa shape index (κ1) is 25.1.